The van der Waals surface area contributed by atoms with Crippen molar-refractivity contribution < 1.29 is 13.9 Å². The van der Waals surface area contributed by atoms with Crippen LogP contribution >= 0.6 is 0 Å². The van der Waals surface area contributed by atoms with E-state index in [1.807, 2.05) is 0 Å². The standard InChI is InChI=1S/C15H16FN3O2/c16-12-3-1-11(2-4-12)7-13-9-19(5-6-21-13)15(20)14-8-17-10-18-14/h1-4,8,10,13H,5-7,9H2,(H,17,18). The number of carbonyl (C=O) groups excluding carboxylic acids is 1. The number of halogens is 1. The summed E-state index contributed by atoms with van der Waals surface area (Å²) >= 11 is 0. The SMILES string of the molecule is O=C(c1cnc[nH]1)N1CCOC(Cc2ccc(F)cc2)C1. The number of rotatable bonds is 3. The monoisotopic (exact) mass is 289 g/mol. The summed E-state index contributed by atoms with van der Waals surface area (Å²) in [5.74, 6) is -0.320. The van der Waals surface area contributed by atoms with Gasteiger partial charge in [-0.2, -0.15) is 0 Å². The van der Waals surface area contributed by atoms with Gasteiger partial charge in [-0.1, -0.05) is 12.1 Å². The maximum absolute atomic E-state index is 12.9. The molecule has 1 saturated heterocycles. The van der Waals surface area contributed by atoms with Crippen molar-refractivity contribution in [3.05, 3.63) is 53.9 Å². The van der Waals surface area contributed by atoms with Crippen molar-refractivity contribution in [2.45, 2.75) is 12.5 Å². The highest BCUT2D eigenvalue weighted by atomic mass is 19.1. The molecule has 0 spiro atoms. The number of aromatic nitrogens is 2. The zero-order valence-corrected chi connectivity index (χ0v) is 11.5. The Morgan fingerprint density at radius 1 is 1.43 bits per heavy atom. The van der Waals surface area contributed by atoms with Gasteiger partial charge in [0.25, 0.3) is 5.91 Å². The summed E-state index contributed by atoms with van der Waals surface area (Å²) < 4.78 is 18.6. The highest BCUT2D eigenvalue weighted by Crippen LogP contribution is 2.14. The van der Waals surface area contributed by atoms with Gasteiger partial charge in [0.2, 0.25) is 0 Å². The van der Waals surface area contributed by atoms with E-state index in [9.17, 15) is 9.18 Å². The molecule has 3 rings (SSSR count). The molecular formula is C15H16FN3O2. The minimum atomic E-state index is -0.251. The Balaban J connectivity index is 1.63. The largest absolute Gasteiger partial charge is 0.374 e. The molecule has 0 radical (unpaired) electrons. The second-order valence-electron chi connectivity index (χ2n) is 5.04. The van der Waals surface area contributed by atoms with E-state index in [-0.39, 0.29) is 17.8 Å². The van der Waals surface area contributed by atoms with Crippen LogP contribution < -0.4 is 0 Å². The van der Waals surface area contributed by atoms with Gasteiger partial charge in [0.15, 0.2) is 0 Å². The molecule has 1 fully saturated rings. The normalized spacial score (nSPS) is 18.7. The maximum Gasteiger partial charge on any atom is 0.272 e. The molecule has 1 amide bonds. The highest BCUT2D eigenvalue weighted by molar-refractivity contribution is 5.92. The Morgan fingerprint density at radius 3 is 2.95 bits per heavy atom. The minimum absolute atomic E-state index is 0.0695. The van der Waals surface area contributed by atoms with Gasteiger partial charge in [0, 0.05) is 19.5 Å². The number of H-pyrrole nitrogens is 1. The molecule has 5 nitrogen and oxygen atoms in total. The third-order valence-electron chi connectivity index (χ3n) is 3.53. The third-order valence-corrected chi connectivity index (χ3v) is 3.53. The summed E-state index contributed by atoms with van der Waals surface area (Å²) in [6.07, 6.45) is 3.60. The first kappa shape index (κ1) is 13.8. The highest BCUT2D eigenvalue weighted by Gasteiger charge is 2.25. The summed E-state index contributed by atoms with van der Waals surface area (Å²) in [6.45, 7) is 1.60. The molecular weight excluding hydrogens is 273 g/mol. The number of carbonyl (C=O) groups is 1. The number of benzene rings is 1. The second-order valence-corrected chi connectivity index (χ2v) is 5.04. The lowest BCUT2D eigenvalue weighted by Crippen LogP contribution is -2.46. The Hall–Kier alpha value is -2.21. The van der Waals surface area contributed by atoms with Gasteiger partial charge < -0.3 is 14.6 Å². The Bertz CT molecular complexity index is 598. The van der Waals surface area contributed by atoms with E-state index < -0.39 is 0 Å². The molecule has 1 aliphatic heterocycles. The summed E-state index contributed by atoms with van der Waals surface area (Å²) in [4.78, 5) is 20.7. The number of morpholine rings is 1. The zero-order valence-electron chi connectivity index (χ0n) is 11.5. The topological polar surface area (TPSA) is 58.2 Å². The lowest BCUT2D eigenvalue weighted by molar-refractivity contribution is -0.0210. The maximum atomic E-state index is 12.9. The van der Waals surface area contributed by atoms with E-state index in [1.165, 1.54) is 24.7 Å². The first-order chi connectivity index (χ1) is 10.2. The smallest absolute Gasteiger partial charge is 0.272 e. The van der Waals surface area contributed by atoms with Crippen LogP contribution in [0.5, 0.6) is 0 Å². The molecule has 110 valence electrons. The number of hydrogen-bond donors (Lipinski definition) is 1. The summed E-state index contributed by atoms with van der Waals surface area (Å²) in [6, 6.07) is 6.36. The number of aromatic amines is 1. The van der Waals surface area contributed by atoms with E-state index in [1.54, 1.807) is 17.0 Å². The van der Waals surface area contributed by atoms with Crippen molar-refractivity contribution in [3.63, 3.8) is 0 Å². The average Bonchev–Trinajstić information content (AvgIpc) is 3.03. The molecule has 1 unspecified atom stereocenters. The van der Waals surface area contributed by atoms with E-state index in [2.05, 4.69) is 9.97 Å². The van der Waals surface area contributed by atoms with Crippen molar-refractivity contribution in [3.8, 4) is 0 Å². The van der Waals surface area contributed by atoms with Crippen molar-refractivity contribution in [1.82, 2.24) is 14.9 Å². The van der Waals surface area contributed by atoms with E-state index in [4.69, 9.17) is 4.74 Å². The number of ether oxygens (including phenoxy) is 1. The average molecular weight is 289 g/mol. The van der Waals surface area contributed by atoms with E-state index >= 15 is 0 Å². The number of nitrogens with one attached hydrogen (secondary N) is 1. The van der Waals surface area contributed by atoms with Crippen molar-refractivity contribution >= 4 is 5.91 Å². The molecule has 2 heterocycles. The van der Waals surface area contributed by atoms with Gasteiger partial charge >= 0.3 is 0 Å². The first-order valence-electron chi connectivity index (χ1n) is 6.86. The number of amides is 1. The molecule has 6 heteroatoms. The molecule has 1 aliphatic rings. The molecule has 1 N–H and O–H groups in total. The van der Waals surface area contributed by atoms with Crippen molar-refractivity contribution in [2.75, 3.05) is 19.7 Å². The summed E-state index contributed by atoms with van der Waals surface area (Å²) in [5, 5.41) is 0. The third kappa shape index (κ3) is 3.28. The number of nitrogens with zero attached hydrogens (tertiary/aromatic N) is 2. The molecule has 1 atom stereocenters. The quantitative estimate of drug-likeness (QED) is 0.934. The summed E-state index contributed by atoms with van der Waals surface area (Å²) in [5.41, 5.74) is 1.48. The van der Waals surface area contributed by atoms with Crippen LogP contribution in [0, 0.1) is 5.82 Å². The van der Waals surface area contributed by atoms with Gasteiger partial charge in [-0.25, -0.2) is 9.37 Å². The van der Waals surface area contributed by atoms with E-state index in [0.29, 0.717) is 31.8 Å². The minimum Gasteiger partial charge on any atom is -0.374 e. The molecule has 21 heavy (non-hydrogen) atoms. The Morgan fingerprint density at radius 2 is 2.24 bits per heavy atom. The van der Waals surface area contributed by atoms with Crippen LogP contribution in [-0.2, 0) is 11.2 Å². The molecule has 0 aliphatic carbocycles. The Kier molecular flexibility index (Phi) is 3.96. The lowest BCUT2D eigenvalue weighted by Gasteiger charge is -2.32. The molecule has 1 aromatic carbocycles. The van der Waals surface area contributed by atoms with Crippen molar-refractivity contribution in [1.29, 1.82) is 0 Å². The van der Waals surface area contributed by atoms with Gasteiger partial charge in [-0.05, 0) is 17.7 Å². The fraction of sp³-hybridized carbons (Fsp3) is 0.333. The van der Waals surface area contributed by atoms with E-state index in [0.717, 1.165) is 5.56 Å². The van der Waals surface area contributed by atoms with Gasteiger partial charge in [-0.3, -0.25) is 4.79 Å². The van der Waals surface area contributed by atoms with Crippen molar-refractivity contribution in [2.24, 2.45) is 0 Å². The van der Waals surface area contributed by atoms with Gasteiger partial charge in [-0.15, -0.1) is 0 Å². The fourth-order valence-electron chi connectivity index (χ4n) is 2.45. The molecule has 2 aromatic rings. The zero-order chi connectivity index (χ0) is 14.7. The van der Waals surface area contributed by atoms with Crippen LogP contribution in [0.4, 0.5) is 4.39 Å². The predicted molar refractivity (Wildman–Crippen MR) is 74.3 cm³/mol. The Labute approximate surface area is 121 Å². The summed E-state index contributed by atoms with van der Waals surface area (Å²) in [7, 11) is 0. The fourth-order valence-corrected chi connectivity index (χ4v) is 2.45. The first-order valence-corrected chi connectivity index (χ1v) is 6.86. The predicted octanol–water partition coefficient (Wildman–Crippen LogP) is 1.63. The van der Waals surface area contributed by atoms with Crippen LogP contribution in [0.3, 0.4) is 0 Å². The lowest BCUT2D eigenvalue weighted by atomic mass is 10.1. The van der Waals surface area contributed by atoms with Gasteiger partial charge in [0.05, 0.1) is 25.2 Å². The van der Waals surface area contributed by atoms with Crippen LogP contribution in [0.1, 0.15) is 16.1 Å². The number of imidazole rings is 1. The molecule has 1 aromatic heterocycles. The van der Waals surface area contributed by atoms with Crippen LogP contribution in [0.25, 0.3) is 0 Å². The number of hydrogen-bond acceptors (Lipinski definition) is 3. The van der Waals surface area contributed by atoms with Crippen LogP contribution in [0.15, 0.2) is 36.8 Å². The van der Waals surface area contributed by atoms with Crippen LogP contribution in [-0.4, -0.2) is 46.6 Å². The second kappa shape index (κ2) is 6.05. The molecule has 0 saturated carbocycles. The van der Waals surface area contributed by atoms with Crippen LogP contribution in [0.2, 0.25) is 0 Å². The molecule has 0 bridgehead atoms. The van der Waals surface area contributed by atoms with Gasteiger partial charge in [0.1, 0.15) is 11.5 Å².